The second-order valence-corrected chi connectivity index (χ2v) is 6.83. The Morgan fingerprint density at radius 2 is 1.86 bits per heavy atom. The van der Waals surface area contributed by atoms with Crippen molar-refractivity contribution in [2.24, 2.45) is 5.73 Å². The zero-order valence-corrected chi connectivity index (χ0v) is 15.3. The Bertz CT molecular complexity index is 868. The number of carbonyl (C=O) groups excluding carboxylic acids is 1. The highest BCUT2D eigenvalue weighted by Crippen LogP contribution is 2.35. The lowest BCUT2D eigenvalue weighted by Crippen LogP contribution is -2.42. The van der Waals surface area contributed by atoms with Crippen molar-refractivity contribution in [1.82, 2.24) is 10.3 Å². The van der Waals surface area contributed by atoms with Crippen molar-refractivity contribution in [2.45, 2.75) is 44.1 Å². The van der Waals surface area contributed by atoms with Crippen molar-refractivity contribution in [2.75, 3.05) is 5.32 Å². The Labute approximate surface area is 164 Å². The van der Waals surface area contributed by atoms with Crippen LogP contribution in [0.3, 0.4) is 0 Å². The van der Waals surface area contributed by atoms with Crippen molar-refractivity contribution in [3.05, 3.63) is 42.3 Å². The molecule has 6 nitrogen and oxygen atoms in total. The second kappa shape index (κ2) is 8.64. The summed E-state index contributed by atoms with van der Waals surface area (Å²) < 4.78 is 55.2. The van der Waals surface area contributed by atoms with Gasteiger partial charge in [-0.2, -0.15) is 0 Å². The molecular formula is C19H20F4N4O2. The maximum atomic E-state index is 13.4. The molecule has 2 amide bonds. The number of halogens is 4. The molecule has 0 atom stereocenters. The molecule has 0 spiro atoms. The number of amides is 2. The first-order valence-electron chi connectivity index (χ1n) is 9.04. The SMILES string of the molecule is NC1CCC(NC(=O)Nc2cc(-c3ccc(F)cc3OC(F)(F)F)ccn2)CC1. The van der Waals surface area contributed by atoms with E-state index < -0.39 is 24.0 Å². The van der Waals surface area contributed by atoms with Crippen LogP contribution in [-0.4, -0.2) is 29.5 Å². The van der Waals surface area contributed by atoms with E-state index in [9.17, 15) is 22.4 Å². The van der Waals surface area contributed by atoms with Crippen molar-refractivity contribution < 1.29 is 27.1 Å². The predicted molar refractivity (Wildman–Crippen MR) is 98.7 cm³/mol. The number of rotatable bonds is 4. The molecule has 1 saturated carbocycles. The molecule has 3 rings (SSSR count). The first-order chi connectivity index (χ1) is 13.7. The van der Waals surface area contributed by atoms with Gasteiger partial charge in [-0.25, -0.2) is 14.2 Å². The third-order valence-corrected chi connectivity index (χ3v) is 4.59. The third kappa shape index (κ3) is 6.05. The monoisotopic (exact) mass is 412 g/mol. The van der Waals surface area contributed by atoms with E-state index in [0.717, 1.165) is 31.7 Å². The molecule has 1 heterocycles. The lowest BCUT2D eigenvalue weighted by molar-refractivity contribution is -0.274. The molecule has 0 radical (unpaired) electrons. The van der Waals surface area contributed by atoms with Crippen LogP contribution >= 0.6 is 0 Å². The lowest BCUT2D eigenvalue weighted by Gasteiger charge is -2.26. The maximum absolute atomic E-state index is 13.4. The molecular weight excluding hydrogens is 392 g/mol. The van der Waals surface area contributed by atoms with Crippen molar-refractivity contribution in [3.8, 4) is 16.9 Å². The zero-order valence-electron chi connectivity index (χ0n) is 15.3. The molecule has 1 fully saturated rings. The Morgan fingerprint density at radius 3 is 2.55 bits per heavy atom. The van der Waals surface area contributed by atoms with Gasteiger partial charge in [-0.05, 0) is 55.5 Å². The molecule has 0 aliphatic heterocycles. The molecule has 2 aromatic rings. The number of hydrogen-bond donors (Lipinski definition) is 3. The smallest absolute Gasteiger partial charge is 0.405 e. The van der Waals surface area contributed by atoms with Crippen LogP contribution in [-0.2, 0) is 0 Å². The molecule has 156 valence electrons. The number of urea groups is 1. The number of carbonyl (C=O) groups is 1. The Kier molecular flexibility index (Phi) is 6.21. The average Bonchev–Trinajstić information content (AvgIpc) is 2.62. The molecule has 0 saturated heterocycles. The van der Waals surface area contributed by atoms with Crippen LogP contribution in [0.2, 0.25) is 0 Å². The number of nitrogens with two attached hydrogens (primary N) is 1. The van der Waals surface area contributed by atoms with E-state index in [1.807, 2.05) is 0 Å². The van der Waals surface area contributed by atoms with E-state index in [4.69, 9.17) is 5.73 Å². The summed E-state index contributed by atoms with van der Waals surface area (Å²) in [6.07, 6.45) is -0.452. The van der Waals surface area contributed by atoms with Gasteiger partial charge in [0.2, 0.25) is 0 Å². The molecule has 0 bridgehead atoms. The number of benzene rings is 1. The fraction of sp³-hybridized carbons (Fsp3) is 0.368. The van der Waals surface area contributed by atoms with Gasteiger partial charge in [-0.15, -0.1) is 13.2 Å². The van der Waals surface area contributed by atoms with Crippen LogP contribution in [0.1, 0.15) is 25.7 Å². The van der Waals surface area contributed by atoms with Crippen LogP contribution in [0.5, 0.6) is 5.75 Å². The minimum atomic E-state index is -4.97. The lowest BCUT2D eigenvalue weighted by atomic mass is 9.92. The van der Waals surface area contributed by atoms with Crippen LogP contribution in [0.25, 0.3) is 11.1 Å². The summed E-state index contributed by atoms with van der Waals surface area (Å²) in [5.41, 5.74) is 6.13. The summed E-state index contributed by atoms with van der Waals surface area (Å²) in [7, 11) is 0. The van der Waals surface area contributed by atoms with Crippen molar-refractivity contribution >= 4 is 11.8 Å². The van der Waals surface area contributed by atoms with Crippen LogP contribution < -0.4 is 21.1 Å². The number of anilines is 1. The van der Waals surface area contributed by atoms with E-state index in [2.05, 4.69) is 20.4 Å². The van der Waals surface area contributed by atoms with Gasteiger partial charge >= 0.3 is 12.4 Å². The van der Waals surface area contributed by atoms with Gasteiger partial charge in [0.25, 0.3) is 0 Å². The van der Waals surface area contributed by atoms with E-state index in [1.165, 1.54) is 24.4 Å². The van der Waals surface area contributed by atoms with Gasteiger partial charge < -0.3 is 15.8 Å². The van der Waals surface area contributed by atoms with Gasteiger partial charge in [0.1, 0.15) is 17.4 Å². The number of alkyl halides is 3. The van der Waals surface area contributed by atoms with E-state index in [-0.39, 0.29) is 29.0 Å². The largest absolute Gasteiger partial charge is 0.573 e. The molecule has 1 aromatic heterocycles. The first-order valence-corrected chi connectivity index (χ1v) is 9.04. The Balaban J connectivity index is 1.73. The Morgan fingerprint density at radius 1 is 1.14 bits per heavy atom. The average molecular weight is 412 g/mol. The van der Waals surface area contributed by atoms with Gasteiger partial charge in [0.15, 0.2) is 0 Å². The minimum Gasteiger partial charge on any atom is -0.405 e. The topological polar surface area (TPSA) is 89.3 Å². The summed E-state index contributed by atoms with van der Waals surface area (Å²) in [5, 5.41) is 5.39. The summed E-state index contributed by atoms with van der Waals surface area (Å²) in [4.78, 5) is 16.2. The van der Waals surface area contributed by atoms with Gasteiger partial charge in [0, 0.05) is 29.9 Å². The first kappa shape index (κ1) is 20.8. The zero-order chi connectivity index (χ0) is 21.0. The van der Waals surface area contributed by atoms with E-state index in [1.54, 1.807) is 0 Å². The number of aromatic nitrogens is 1. The summed E-state index contributed by atoms with van der Waals surface area (Å²) >= 11 is 0. The summed E-state index contributed by atoms with van der Waals surface area (Å²) in [5.74, 6) is -1.42. The highest BCUT2D eigenvalue weighted by atomic mass is 19.4. The Hall–Kier alpha value is -2.88. The van der Waals surface area contributed by atoms with Crippen LogP contribution in [0.4, 0.5) is 28.2 Å². The number of nitrogens with zero attached hydrogens (tertiary/aromatic N) is 1. The normalized spacial score (nSPS) is 19.5. The van der Waals surface area contributed by atoms with Crippen molar-refractivity contribution in [3.63, 3.8) is 0 Å². The standard InChI is InChI=1S/C19H20F4N4O2/c20-12-1-6-15(16(10-12)29-19(21,22)23)11-7-8-25-17(9-11)27-18(28)26-14-4-2-13(24)3-5-14/h1,6-10,13-14H,2-5,24H2,(H2,25,26,27,28). The maximum Gasteiger partial charge on any atom is 0.573 e. The molecule has 10 heteroatoms. The number of pyridine rings is 1. The second-order valence-electron chi connectivity index (χ2n) is 6.83. The van der Waals surface area contributed by atoms with E-state index in [0.29, 0.717) is 6.07 Å². The minimum absolute atomic E-state index is 0.00173. The summed E-state index contributed by atoms with van der Waals surface area (Å²) in [6, 6.07) is 5.33. The molecule has 1 aromatic carbocycles. The van der Waals surface area contributed by atoms with E-state index >= 15 is 0 Å². The van der Waals surface area contributed by atoms with Crippen molar-refractivity contribution in [1.29, 1.82) is 0 Å². The highest BCUT2D eigenvalue weighted by Gasteiger charge is 2.32. The quantitative estimate of drug-likeness (QED) is 0.658. The van der Waals surface area contributed by atoms with Gasteiger partial charge in [-0.1, -0.05) is 0 Å². The molecule has 1 aliphatic rings. The van der Waals surface area contributed by atoms with Crippen LogP contribution in [0, 0.1) is 5.82 Å². The fourth-order valence-electron chi connectivity index (χ4n) is 3.21. The molecule has 29 heavy (non-hydrogen) atoms. The number of ether oxygens (including phenoxy) is 1. The predicted octanol–water partition coefficient (Wildman–Crippen LogP) is 4.18. The van der Waals surface area contributed by atoms with Gasteiger partial charge in [0.05, 0.1) is 0 Å². The highest BCUT2D eigenvalue weighted by molar-refractivity contribution is 5.89. The third-order valence-electron chi connectivity index (χ3n) is 4.59. The number of hydrogen-bond acceptors (Lipinski definition) is 4. The molecule has 0 unspecified atom stereocenters. The van der Waals surface area contributed by atoms with Crippen LogP contribution in [0.15, 0.2) is 36.5 Å². The molecule has 1 aliphatic carbocycles. The fourth-order valence-corrected chi connectivity index (χ4v) is 3.21. The summed E-state index contributed by atoms with van der Waals surface area (Å²) in [6.45, 7) is 0. The molecule has 4 N–H and O–H groups in total. The van der Waals surface area contributed by atoms with Gasteiger partial charge in [-0.3, -0.25) is 5.32 Å². The number of nitrogens with one attached hydrogen (secondary N) is 2.